The van der Waals surface area contributed by atoms with Gasteiger partial charge in [0.2, 0.25) is 0 Å². The standard InChI is InChI=1S/C14H22N2O2/c1-10(2)7-8-15-14(18)16-13-6-4-5-12(9-13)11(3)17/h4-6,9-11,17H,7-8H2,1-3H3,(H2,15,16,18). The highest BCUT2D eigenvalue weighted by molar-refractivity contribution is 5.89. The van der Waals surface area contributed by atoms with Gasteiger partial charge in [0.1, 0.15) is 0 Å². The van der Waals surface area contributed by atoms with Crippen molar-refractivity contribution in [3.8, 4) is 0 Å². The summed E-state index contributed by atoms with van der Waals surface area (Å²) in [6.45, 7) is 6.60. The lowest BCUT2D eigenvalue weighted by atomic mass is 10.1. The minimum atomic E-state index is -0.532. The second-order valence-electron chi connectivity index (χ2n) is 4.86. The first-order valence-electron chi connectivity index (χ1n) is 6.32. The second-order valence-corrected chi connectivity index (χ2v) is 4.86. The van der Waals surface area contributed by atoms with Gasteiger partial charge in [-0.3, -0.25) is 0 Å². The number of rotatable bonds is 5. The van der Waals surface area contributed by atoms with E-state index in [1.54, 1.807) is 19.1 Å². The maximum absolute atomic E-state index is 11.6. The molecule has 1 aromatic carbocycles. The Bertz CT molecular complexity index is 389. The molecule has 4 nitrogen and oxygen atoms in total. The lowest BCUT2D eigenvalue weighted by Gasteiger charge is -2.11. The normalized spacial score (nSPS) is 12.3. The van der Waals surface area contributed by atoms with Crippen LogP contribution < -0.4 is 10.6 Å². The zero-order valence-electron chi connectivity index (χ0n) is 11.2. The van der Waals surface area contributed by atoms with Gasteiger partial charge in [-0.25, -0.2) is 4.79 Å². The molecule has 1 unspecified atom stereocenters. The van der Waals surface area contributed by atoms with E-state index in [0.717, 1.165) is 12.0 Å². The topological polar surface area (TPSA) is 61.4 Å². The fourth-order valence-corrected chi connectivity index (χ4v) is 1.53. The van der Waals surface area contributed by atoms with Crippen LogP contribution in [0.15, 0.2) is 24.3 Å². The molecule has 0 radical (unpaired) electrons. The van der Waals surface area contributed by atoms with E-state index in [-0.39, 0.29) is 6.03 Å². The smallest absolute Gasteiger partial charge is 0.319 e. The molecule has 0 aromatic heterocycles. The van der Waals surface area contributed by atoms with Crippen molar-refractivity contribution in [2.45, 2.75) is 33.3 Å². The van der Waals surface area contributed by atoms with Crippen LogP contribution in [-0.4, -0.2) is 17.7 Å². The lowest BCUT2D eigenvalue weighted by molar-refractivity contribution is 0.199. The van der Waals surface area contributed by atoms with Crippen LogP contribution in [0.1, 0.15) is 38.9 Å². The highest BCUT2D eigenvalue weighted by Crippen LogP contribution is 2.16. The predicted molar refractivity (Wildman–Crippen MR) is 73.6 cm³/mol. The highest BCUT2D eigenvalue weighted by Gasteiger charge is 2.04. The van der Waals surface area contributed by atoms with Crippen molar-refractivity contribution in [1.29, 1.82) is 0 Å². The molecule has 3 N–H and O–H groups in total. The Morgan fingerprint density at radius 2 is 2.06 bits per heavy atom. The number of aliphatic hydroxyl groups is 1. The summed E-state index contributed by atoms with van der Waals surface area (Å²) < 4.78 is 0. The van der Waals surface area contributed by atoms with Gasteiger partial charge in [0.15, 0.2) is 0 Å². The molecule has 0 aliphatic carbocycles. The summed E-state index contributed by atoms with van der Waals surface area (Å²) >= 11 is 0. The molecular formula is C14H22N2O2. The summed E-state index contributed by atoms with van der Waals surface area (Å²) in [6.07, 6.45) is 0.428. The molecule has 0 fully saturated rings. The Balaban J connectivity index is 2.46. The van der Waals surface area contributed by atoms with Crippen molar-refractivity contribution in [3.63, 3.8) is 0 Å². The summed E-state index contributed by atoms with van der Waals surface area (Å²) in [5, 5.41) is 15.0. The van der Waals surface area contributed by atoms with E-state index in [0.29, 0.717) is 18.2 Å². The average Bonchev–Trinajstić information content (AvgIpc) is 2.28. The fourth-order valence-electron chi connectivity index (χ4n) is 1.53. The van der Waals surface area contributed by atoms with Crippen LogP contribution in [0.5, 0.6) is 0 Å². The largest absolute Gasteiger partial charge is 0.389 e. The zero-order chi connectivity index (χ0) is 13.5. The third-order valence-electron chi connectivity index (χ3n) is 2.63. The number of benzene rings is 1. The number of aliphatic hydroxyl groups excluding tert-OH is 1. The molecule has 0 aliphatic rings. The highest BCUT2D eigenvalue weighted by atomic mass is 16.3. The first-order chi connectivity index (χ1) is 8.49. The van der Waals surface area contributed by atoms with Gasteiger partial charge in [0.05, 0.1) is 6.10 Å². The first kappa shape index (κ1) is 14.5. The third-order valence-corrected chi connectivity index (χ3v) is 2.63. The predicted octanol–water partition coefficient (Wildman–Crippen LogP) is 2.91. The average molecular weight is 250 g/mol. The first-order valence-corrected chi connectivity index (χ1v) is 6.32. The maximum Gasteiger partial charge on any atom is 0.319 e. The number of carbonyl (C=O) groups excluding carboxylic acids is 1. The Hall–Kier alpha value is -1.55. The van der Waals surface area contributed by atoms with Crippen LogP contribution >= 0.6 is 0 Å². The fraction of sp³-hybridized carbons (Fsp3) is 0.500. The van der Waals surface area contributed by atoms with Crippen molar-refractivity contribution in [3.05, 3.63) is 29.8 Å². The van der Waals surface area contributed by atoms with Gasteiger partial charge in [-0.05, 0) is 37.0 Å². The third kappa shape index (κ3) is 5.19. The molecule has 4 heteroatoms. The van der Waals surface area contributed by atoms with Gasteiger partial charge < -0.3 is 15.7 Å². The molecule has 100 valence electrons. The van der Waals surface area contributed by atoms with E-state index in [2.05, 4.69) is 24.5 Å². The van der Waals surface area contributed by atoms with Crippen LogP contribution in [0, 0.1) is 5.92 Å². The Morgan fingerprint density at radius 3 is 2.67 bits per heavy atom. The lowest BCUT2D eigenvalue weighted by Crippen LogP contribution is -2.30. The van der Waals surface area contributed by atoms with Crippen molar-refractivity contribution in [2.75, 3.05) is 11.9 Å². The van der Waals surface area contributed by atoms with Crippen LogP contribution in [0.4, 0.5) is 10.5 Å². The van der Waals surface area contributed by atoms with E-state index in [4.69, 9.17) is 0 Å². The Kier molecular flexibility index (Phi) is 5.65. The number of carbonyl (C=O) groups is 1. The van der Waals surface area contributed by atoms with Crippen LogP contribution in [0.2, 0.25) is 0 Å². The van der Waals surface area contributed by atoms with Crippen molar-refractivity contribution < 1.29 is 9.90 Å². The van der Waals surface area contributed by atoms with E-state index in [9.17, 15) is 9.90 Å². The van der Waals surface area contributed by atoms with Crippen molar-refractivity contribution >= 4 is 11.7 Å². The van der Waals surface area contributed by atoms with E-state index < -0.39 is 6.10 Å². The van der Waals surface area contributed by atoms with Crippen molar-refractivity contribution in [2.24, 2.45) is 5.92 Å². The molecule has 0 heterocycles. The molecule has 1 rings (SSSR count). The molecule has 18 heavy (non-hydrogen) atoms. The molecule has 0 saturated heterocycles. The molecule has 0 spiro atoms. The number of urea groups is 1. The van der Waals surface area contributed by atoms with Crippen molar-refractivity contribution in [1.82, 2.24) is 5.32 Å². The molecule has 0 saturated carbocycles. The number of anilines is 1. The van der Waals surface area contributed by atoms with Crippen LogP contribution in [-0.2, 0) is 0 Å². The molecular weight excluding hydrogens is 228 g/mol. The number of amides is 2. The molecule has 0 aliphatic heterocycles. The molecule has 0 bridgehead atoms. The number of hydrogen-bond donors (Lipinski definition) is 3. The number of hydrogen-bond acceptors (Lipinski definition) is 2. The molecule has 1 atom stereocenters. The minimum Gasteiger partial charge on any atom is -0.389 e. The van der Waals surface area contributed by atoms with E-state index in [1.165, 1.54) is 0 Å². The summed E-state index contributed by atoms with van der Waals surface area (Å²) in [4.78, 5) is 11.6. The monoisotopic (exact) mass is 250 g/mol. The maximum atomic E-state index is 11.6. The quantitative estimate of drug-likeness (QED) is 0.752. The van der Waals surface area contributed by atoms with Gasteiger partial charge in [0.25, 0.3) is 0 Å². The Morgan fingerprint density at radius 1 is 1.33 bits per heavy atom. The van der Waals surface area contributed by atoms with Gasteiger partial charge in [-0.1, -0.05) is 26.0 Å². The second kappa shape index (κ2) is 7.01. The summed E-state index contributed by atoms with van der Waals surface area (Å²) in [5.74, 6) is 0.573. The van der Waals surface area contributed by atoms with Gasteiger partial charge >= 0.3 is 6.03 Å². The molecule has 2 amide bonds. The Labute approximate surface area is 108 Å². The zero-order valence-corrected chi connectivity index (χ0v) is 11.2. The summed E-state index contributed by atoms with van der Waals surface area (Å²) in [6, 6.07) is 7.00. The van der Waals surface area contributed by atoms with Crippen LogP contribution in [0.3, 0.4) is 0 Å². The SMILES string of the molecule is CC(C)CCNC(=O)Nc1cccc(C(C)O)c1. The van der Waals surface area contributed by atoms with E-state index >= 15 is 0 Å². The molecule has 1 aromatic rings. The summed E-state index contributed by atoms with van der Waals surface area (Å²) in [7, 11) is 0. The van der Waals surface area contributed by atoms with Gasteiger partial charge in [-0.15, -0.1) is 0 Å². The van der Waals surface area contributed by atoms with E-state index in [1.807, 2.05) is 12.1 Å². The summed E-state index contributed by atoms with van der Waals surface area (Å²) in [5.41, 5.74) is 1.48. The number of nitrogens with one attached hydrogen (secondary N) is 2. The van der Waals surface area contributed by atoms with Gasteiger partial charge in [-0.2, -0.15) is 0 Å². The minimum absolute atomic E-state index is 0.210. The van der Waals surface area contributed by atoms with Crippen LogP contribution in [0.25, 0.3) is 0 Å². The van der Waals surface area contributed by atoms with Gasteiger partial charge in [0, 0.05) is 12.2 Å².